The molecule has 2 atom stereocenters. The monoisotopic (exact) mass is 231 g/mol. The molecule has 0 aromatic carbocycles. The molecule has 2 unspecified atom stereocenters. The molecule has 1 aliphatic heterocycles. The average molecular weight is 231 g/mol. The first-order chi connectivity index (χ1) is 6.42. The fourth-order valence-corrected chi connectivity index (χ4v) is 2.50. The van der Waals surface area contributed by atoms with Crippen LogP contribution in [0.15, 0.2) is 0 Å². The minimum absolute atomic E-state index is 0.0559. The molecule has 1 rings (SSSR count). The number of halogens is 4. The maximum absolute atomic E-state index is 12.5. The molecule has 0 aromatic heterocycles. The first-order valence-corrected chi connectivity index (χ1v) is 5.47. The van der Waals surface area contributed by atoms with Gasteiger partial charge in [-0.2, -0.15) is 20.5 Å². The van der Waals surface area contributed by atoms with E-state index in [1.54, 1.807) is 11.8 Å². The maximum Gasteiger partial charge on any atom is 0.319 e. The first-order valence-electron chi connectivity index (χ1n) is 4.43. The van der Waals surface area contributed by atoms with Crippen LogP contribution >= 0.6 is 11.8 Å². The van der Waals surface area contributed by atoms with E-state index in [4.69, 9.17) is 0 Å². The van der Waals surface area contributed by atoms with Gasteiger partial charge in [0.1, 0.15) is 0 Å². The van der Waals surface area contributed by atoms with E-state index in [1.165, 1.54) is 0 Å². The van der Waals surface area contributed by atoms with Crippen molar-refractivity contribution in [1.82, 2.24) is 5.32 Å². The third-order valence-electron chi connectivity index (χ3n) is 2.14. The standard InChI is InChI=1S/C8H13F4NS/c1-5-2-6(3-14-5)13-4-8(11,12)7(9)10/h5-7,13H,2-4H2,1H3. The summed E-state index contributed by atoms with van der Waals surface area (Å²) in [5, 5.41) is 2.91. The lowest BCUT2D eigenvalue weighted by Gasteiger charge is -2.18. The molecule has 1 heterocycles. The van der Waals surface area contributed by atoms with Gasteiger partial charge in [-0.3, -0.25) is 0 Å². The Kier molecular flexibility index (Phi) is 4.06. The normalized spacial score (nSPS) is 28.7. The molecular formula is C8H13F4NS. The zero-order valence-corrected chi connectivity index (χ0v) is 8.59. The Bertz CT molecular complexity index is 188. The molecule has 0 spiro atoms. The zero-order chi connectivity index (χ0) is 10.8. The predicted octanol–water partition coefficient (Wildman–Crippen LogP) is 2.37. The molecule has 0 aromatic rings. The second-order valence-electron chi connectivity index (χ2n) is 3.52. The second kappa shape index (κ2) is 4.70. The first kappa shape index (κ1) is 12.1. The summed E-state index contributed by atoms with van der Waals surface area (Å²) in [5.74, 6) is -3.18. The van der Waals surface area contributed by atoms with Crippen molar-refractivity contribution in [3.8, 4) is 0 Å². The molecule has 1 nitrogen and oxygen atoms in total. The zero-order valence-electron chi connectivity index (χ0n) is 7.77. The van der Waals surface area contributed by atoms with Gasteiger partial charge in [0, 0.05) is 17.0 Å². The van der Waals surface area contributed by atoms with E-state index in [0.717, 1.165) is 12.2 Å². The van der Waals surface area contributed by atoms with Gasteiger partial charge in [-0.1, -0.05) is 6.92 Å². The SMILES string of the molecule is CC1CC(NCC(F)(F)C(F)F)CS1. The van der Waals surface area contributed by atoms with Crippen LogP contribution in [0.1, 0.15) is 13.3 Å². The average Bonchev–Trinajstić information content (AvgIpc) is 2.48. The Morgan fingerprint density at radius 3 is 2.57 bits per heavy atom. The highest BCUT2D eigenvalue weighted by molar-refractivity contribution is 8.00. The van der Waals surface area contributed by atoms with Gasteiger partial charge in [0.25, 0.3) is 0 Å². The van der Waals surface area contributed by atoms with Crippen molar-refractivity contribution in [3.63, 3.8) is 0 Å². The number of alkyl halides is 4. The summed E-state index contributed by atoms with van der Waals surface area (Å²) >= 11 is 1.67. The van der Waals surface area contributed by atoms with Crippen LogP contribution in [0.2, 0.25) is 0 Å². The molecule has 6 heteroatoms. The van der Waals surface area contributed by atoms with E-state index >= 15 is 0 Å². The molecule has 0 radical (unpaired) electrons. The van der Waals surface area contributed by atoms with Crippen LogP contribution in [0.25, 0.3) is 0 Å². The van der Waals surface area contributed by atoms with Crippen molar-refractivity contribution in [3.05, 3.63) is 0 Å². The number of thioether (sulfide) groups is 1. The lowest BCUT2D eigenvalue weighted by atomic mass is 10.2. The van der Waals surface area contributed by atoms with Crippen molar-refractivity contribution >= 4 is 11.8 Å². The summed E-state index contributed by atoms with van der Waals surface area (Å²) in [6.07, 6.45) is -2.81. The fraction of sp³-hybridized carbons (Fsp3) is 1.00. The summed E-state index contributed by atoms with van der Waals surface area (Å²) < 4.78 is 48.5. The quantitative estimate of drug-likeness (QED) is 0.745. The summed E-state index contributed by atoms with van der Waals surface area (Å²) in [5.41, 5.74) is 0. The van der Waals surface area contributed by atoms with Crippen molar-refractivity contribution in [1.29, 1.82) is 0 Å². The Hall–Kier alpha value is 0.0300. The van der Waals surface area contributed by atoms with Crippen molar-refractivity contribution in [2.45, 2.75) is 37.0 Å². The molecule has 1 N–H and O–H groups in total. The van der Waals surface area contributed by atoms with Gasteiger partial charge in [0.2, 0.25) is 0 Å². The summed E-state index contributed by atoms with van der Waals surface area (Å²) in [4.78, 5) is 0. The molecule has 84 valence electrons. The van der Waals surface area contributed by atoms with Crippen molar-refractivity contribution in [2.75, 3.05) is 12.3 Å². The van der Waals surface area contributed by atoms with Gasteiger partial charge in [0.05, 0.1) is 6.54 Å². The fourth-order valence-electron chi connectivity index (χ4n) is 1.32. The Morgan fingerprint density at radius 1 is 1.50 bits per heavy atom. The molecule has 1 aliphatic rings. The summed E-state index contributed by atoms with van der Waals surface area (Å²) in [6, 6.07) is -0.0559. The highest BCUT2D eigenvalue weighted by Gasteiger charge is 2.41. The third kappa shape index (κ3) is 3.31. The largest absolute Gasteiger partial charge is 0.319 e. The Morgan fingerprint density at radius 2 is 2.14 bits per heavy atom. The Labute approximate surface area is 84.6 Å². The molecule has 0 amide bonds. The topological polar surface area (TPSA) is 12.0 Å². The van der Waals surface area contributed by atoms with Crippen molar-refractivity contribution in [2.24, 2.45) is 0 Å². The van der Waals surface area contributed by atoms with Crippen LogP contribution in [0.4, 0.5) is 17.6 Å². The van der Waals surface area contributed by atoms with E-state index in [2.05, 4.69) is 5.32 Å². The maximum atomic E-state index is 12.5. The van der Waals surface area contributed by atoms with E-state index in [-0.39, 0.29) is 6.04 Å². The van der Waals surface area contributed by atoms with Crippen molar-refractivity contribution < 1.29 is 17.6 Å². The molecule has 14 heavy (non-hydrogen) atoms. The van der Waals surface area contributed by atoms with Crippen LogP contribution in [0.5, 0.6) is 0 Å². The van der Waals surface area contributed by atoms with E-state index in [0.29, 0.717) is 5.25 Å². The van der Waals surface area contributed by atoms with Gasteiger partial charge in [-0.05, 0) is 6.42 Å². The lowest BCUT2D eigenvalue weighted by Crippen LogP contribution is -2.43. The van der Waals surface area contributed by atoms with E-state index < -0.39 is 18.9 Å². The number of hydrogen-bond acceptors (Lipinski definition) is 2. The van der Waals surface area contributed by atoms with E-state index in [1.807, 2.05) is 6.92 Å². The summed E-state index contributed by atoms with van der Waals surface area (Å²) in [6.45, 7) is 1.07. The molecular weight excluding hydrogens is 218 g/mol. The number of hydrogen-bond donors (Lipinski definition) is 1. The van der Waals surface area contributed by atoms with Crippen LogP contribution in [-0.2, 0) is 0 Å². The molecule has 1 fully saturated rings. The Balaban J connectivity index is 2.26. The van der Waals surface area contributed by atoms with Gasteiger partial charge < -0.3 is 5.32 Å². The predicted molar refractivity (Wildman–Crippen MR) is 49.3 cm³/mol. The molecule has 1 saturated heterocycles. The minimum atomic E-state index is -3.91. The molecule has 0 bridgehead atoms. The highest BCUT2D eigenvalue weighted by Crippen LogP contribution is 2.27. The number of rotatable bonds is 4. The lowest BCUT2D eigenvalue weighted by molar-refractivity contribution is -0.126. The van der Waals surface area contributed by atoms with Crippen LogP contribution in [0.3, 0.4) is 0 Å². The second-order valence-corrected chi connectivity index (χ2v) is 4.99. The number of nitrogens with one attached hydrogen (secondary N) is 1. The smallest absolute Gasteiger partial charge is 0.307 e. The van der Waals surface area contributed by atoms with Crippen LogP contribution in [-0.4, -0.2) is 35.9 Å². The van der Waals surface area contributed by atoms with Crippen LogP contribution in [0, 0.1) is 0 Å². The summed E-state index contributed by atoms with van der Waals surface area (Å²) in [7, 11) is 0. The van der Waals surface area contributed by atoms with Gasteiger partial charge in [-0.25, -0.2) is 8.78 Å². The van der Waals surface area contributed by atoms with Gasteiger partial charge in [-0.15, -0.1) is 0 Å². The molecule has 0 aliphatic carbocycles. The minimum Gasteiger partial charge on any atom is -0.307 e. The highest BCUT2D eigenvalue weighted by atomic mass is 32.2. The molecule has 0 saturated carbocycles. The van der Waals surface area contributed by atoms with Crippen LogP contribution < -0.4 is 5.32 Å². The van der Waals surface area contributed by atoms with Gasteiger partial charge in [0.15, 0.2) is 0 Å². The van der Waals surface area contributed by atoms with E-state index in [9.17, 15) is 17.6 Å². The van der Waals surface area contributed by atoms with Gasteiger partial charge >= 0.3 is 12.3 Å². The third-order valence-corrected chi connectivity index (χ3v) is 3.50.